The van der Waals surface area contributed by atoms with Gasteiger partial charge in [0, 0.05) is 19.6 Å². The minimum atomic E-state index is -0.208. The summed E-state index contributed by atoms with van der Waals surface area (Å²) in [7, 11) is 0. The first-order chi connectivity index (χ1) is 8.28. The quantitative estimate of drug-likeness (QED) is 0.853. The van der Waals surface area contributed by atoms with Gasteiger partial charge in [0.25, 0.3) is 0 Å². The first-order valence-corrected chi connectivity index (χ1v) is 5.97. The number of hydrogen-bond acceptors (Lipinski definition) is 3. The van der Waals surface area contributed by atoms with E-state index in [4.69, 9.17) is 9.84 Å². The van der Waals surface area contributed by atoms with E-state index in [-0.39, 0.29) is 18.5 Å². The molecule has 0 bridgehead atoms. The Kier molecular flexibility index (Phi) is 4.48. The van der Waals surface area contributed by atoms with Crippen molar-refractivity contribution in [2.45, 2.75) is 12.5 Å². The van der Waals surface area contributed by atoms with Gasteiger partial charge in [0.05, 0.1) is 19.3 Å². The van der Waals surface area contributed by atoms with Gasteiger partial charge >= 0.3 is 0 Å². The maximum atomic E-state index is 12.8. The highest BCUT2D eigenvalue weighted by atomic mass is 19.1. The number of ether oxygens (including phenoxy) is 1. The summed E-state index contributed by atoms with van der Waals surface area (Å²) in [5.74, 6) is -0.208. The lowest BCUT2D eigenvalue weighted by Gasteiger charge is -2.32. The van der Waals surface area contributed by atoms with Crippen LogP contribution in [0.25, 0.3) is 0 Å². The summed E-state index contributed by atoms with van der Waals surface area (Å²) in [4.78, 5) is 2.19. The average Bonchev–Trinajstić information content (AvgIpc) is 2.33. The van der Waals surface area contributed by atoms with E-state index >= 15 is 0 Å². The molecule has 1 N–H and O–H groups in total. The molecule has 1 aliphatic rings. The van der Waals surface area contributed by atoms with Crippen molar-refractivity contribution in [3.8, 4) is 0 Å². The fourth-order valence-corrected chi connectivity index (χ4v) is 2.13. The maximum absolute atomic E-state index is 12.8. The van der Waals surface area contributed by atoms with Crippen LogP contribution in [0.3, 0.4) is 0 Å². The van der Waals surface area contributed by atoms with E-state index < -0.39 is 0 Å². The first kappa shape index (κ1) is 12.5. The smallest absolute Gasteiger partial charge is 0.123 e. The van der Waals surface area contributed by atoms with Gasteiger partial charge in [0.1, 0.15) is 5.82 Å². The molecule has 0 radical (unpaired) electrons. The molecule has 1 unspecified atom stereocenters. The molecule has 1 aliphatic heterocycles. The summed E-state index contributed by atoms with van der Waals surface area (Å²) in [6, 6.07) is 6.54. The molecule has 1 fully saturated rings. The van der Waals surface area contributed by atoms with E-state index in [1.807, 2.05) is 0 Å². The second-order valence-electron chi connectivity index (χ2n) is 4.35. The number of β-amino-alcohol motifs (C(OH)–C–C–N with tert-alkyl or cyclic N) is 1. The zero-order valence-electron chi connectivity index (χ0n) is 9.81. The fourth-order valence-electron chi connectivity index (χ4n) is 2.13. The molecule has 4 heteroatoms. The predicted molar refractivity (Wildman–Crippen MR) is 63.4 cm³/mol. The standard InChI is InChI=1S/C13H18FNO2/c14-12-3-1-11(2-4-12)9-13-10-15(5-7-16)6-8-17-13/h1-4,13,16H,5-10H2. The lowest BCUT2D eigenvalue weighted by molar-refractivity contribution is -0.0313. The van der Waals surface area contributed by atoms with Gasteiger partial charge in [-0.25, -0.2) is 4.39 Å². The van der Waals surface area contributed by atoms with Crippen LogP contribution in [-0.2, 0) is 11.2 Å². The van der Waals surface area contributed by atoms with Gasteiger partial charge in [-0.15, -0.1) is 0 Å². The Bertz CT molecular complexity index is 340. The van der Waals surface area contributed by atoms with Crippen molar-refractivity contribution in [1.82, 2.24) is 4.90 Å². The molecule has 0 saturated carbocycles. The Morgan fingerprint density at radius 2 is 2.12 bits per heavy atom. The molecule has 1 aromatic carbocycles. The van der Waals surface area contributed by atoms with E-state index in [0.717, 1.165) is 25.1 Å². The van der Waals surface area contributed by atoms with Crippen LogP contribution in [0.4, 0.5) is 4.39 Å². The maximum Gasteiger partial charge on any atom is 0.123 e. The van der Waals surface area contributed by atoms with Crippen LogP contribution in [0.1, 0.15) is 5.56 Å². The van der Waals surface area contributed by atoms with Crippen molar-refractivity contribution in [2.24, 2.45) is 0 Å². The highest BCUT2D eigenvalue weighted by molar-refractivity contribution is 5.17. The van der Waals surface area contributed by atoms with Gasteiger partial charge in [-0.1, -0.05) is 12.1 Å². The molecule has 0 amide bonds. The number of hydrogen-bond donors (Lipinski definition) is 1. The van der Waals surface area contributed by atoms with E-state index in [2.05, 4.69) is 4.90 Å². The van der Waals surface area contributed by atoms with Gasteiger partial charge in [0.2, 0.25) is 0 Å². The zero-order valence-corrected chi connectivity index (χ0v) is 9.81. The van der Waals surface area contributed by atoms with Crippen molar-refractivity contribution in [1.29, 1.82) is 0 Å². The van der Waals surface area contributed by atoms with Crippen molar-refractivity contribution in [3.63, 3.8) is 0 Å². The van der Waals surface area contributed by atoms with Crippen LogP contribution in [0.15, 0.2) is 24.3 Å². The van der Waals surface area contributed by atoms with Crippen LogP contribution in [0, 0.1) is 5.82 Å². The molecular formula is C13H18FNO2. The number of nitrogens with zero attached hydrogens (tertiary/aromatic N) is 1. The molecular weight excluding hydrogens is 221 g/mol. The second kappa shape index (κ2) is 6.10. The lowest BCUT2D eigenvalue weighted by atomic mass is 10.1. The third-order valence-corrected chi connectivity index (χ3v) is 3.02. The number of benzene rings is 1. The number of morpholine rings is 1. The Labute approximate surface area is 101 Å². The van der Waals surface area contributed by atoms with E-state index in [1.54, 1.807) is 12.1 Å². The average molecular weight is 239 g/mol. The van der Waals surface area contributed by atoms with Crippen molar-refractivity contribution < 1.29 is 14.2 Å². The monoisotopic (exact) mass is 239 g/mol. The van der Waals surface area contributed by atoms with Crippen molar-refractivity contribution in [2.75, 3.05) is 32.8 Å². The van der Waals surface area contributed by atoms with Crippen LogP contribution in [-0.4, -0.2) is 49.0 Å². The summed E-state index contributed by atoms with van der Waals surface area (Å²) in [6.45, 7) is 3.29. The minimum Gasteiger partial charge on any atom is -0.395 e. The van der Waals surface area contributed by atoms with E-state index in [1.165, 1.54) is 12.1 Å². The highest BCUT2D eigenvalue weighted by Crippen LogP contribution is 2.12. The number of aliphatic hydroxyl groups is 1. The first-order valence-electron chi connectivity index (χ1n) is 5.97. The summed E-state index contributed by atoms with van der Waals surface area (Å²) in [5.41, 5.74) is 1.09. The second-order valence-corrected chi connectivity index (χ2v) is 4.35. The van der Waals surface area contributed by atoms with Gasteiger partial charge < -0.3 is 9.84 Å². The topological polar surface area (TPSA) is 32.7 Å². The Morgan fingerprint density at radius 1 is 1.35 bits per heavy atom. The minimum absolute atomic E-state index is 0.140. The van der Waals surface area contributed by atoms with Crippen molar-refractivity contribution >= 4 is 0 Å². The van der Waals surface area contributed by atoms with Gasteiger partial charge in [0.15, 0.2) is 0 Å². The third-order valence-electron chi connectivity index (χ3n) is 3.02. The van der Waals surface area contributed by atoms with E-state index in [0.29, 0.717) is 13.2 Å². The Hall–Kier alpha value is -0.970. The van der Waals surface area contributed by atoms with E-state index in [9.17, 15) is 4.39 Å². The molecule has 1 atom stereocenters. The molecule has 0 aromatic heterocycles. The van der Waals surface area contributed by atoms with Crippen LogP contribution in [0.2, 0.25) is 0 Å². The fraction of sp³-hybridized carbons (Fsp3) is 0.538. The zero-order chi connectivity index (χ0) is 12.1. The van der Waals surface area contributed by atoms with Gasteiger partial charge in [-0.05, 0) is 24.1 Å². The summed E-state index contributed by atoms with van der Waals surface area (Å²) in [6.07, 6.45) is 0.933. The number of rotatable bonds is 4. The lowest BCUT2D eigenvalue weighted by Crippen LogP contribution is -2.44. The molecule has 2 rings (SSSR count). The molecule has 1 aromatic rings. The van der Waals surface area contributed by atoms with Crippen LogP contribution < -0.4 is 0 Å². The summed E-state index contributed by atoms with van der Waals surface area (Å²) >= 11 is 0. The van der Waals surface area contributed by atoms with Crippen molar-refractivity contribution in [3.05, 3.63) is 35.6 Å². The van der Waals surface area contributed by atoms with Gasteiger partial charge in [-0.3, -0.25) is 4.90 Å². The molecule has 1 heterocycles. The molecule has 0 spiro atoms. The Balaban J connectivity index is 1.87. The SMILES string of the molecule is OCCN1CCOC(Cc2ccc(F)cc2)C1. The largest absolute Gasteiger partial charge is 0.395 e. The number of aliphatic hydroxyl groups excluding tert-OH is 1. The summed E-state index contributed by atoms with van der Waals surface area (Å²) < 4.78 is 18.4. The predicted octanol–water partition coefficient (Wildman–Crippen LogP) is 1.06. The highest BCUT2D eigenvalue weighted by Gasteiger charge is 2.20. The summed E-state index contributed by atoms with van der Waals surface area (Å²) in [5, 5.41) is 8.90. The number of halogens is 1. The van der Waals surface area contributed by atoms with Crippen LogP contribution in [0.5, 0.6) is 0 Å². The molecule has 0 aliphatic carbocycles. The molecule has 17 heavy (non-hydrogen) atoms. The molecule has 3 nitrogen and oxygen atoms in total. The Morgan fingerprint density at radius 3 is 2.82 bits per heavy atom. The normalized spacial score (nSPS) is 21.6. The molecule has 1 saturated heterocycles. The third kappa shape index (κ3) is 3.77. The molecule has 94 valence electrons. The van der Waals surface area contributed by atoms with Gasteiger partial charge in [-0.2, -0.15) is 0 Å². The van der Waals surface area contributed by atoms with Crippen LogP contribution >= 0.6 is 0 Å².